The smallest absolute Gasteiger partial charge is 0.123 e. The third-order valence-corrected chi connectivity index (χ3v) is 2.45. The molecule has 2 N–H and O–H groups in total. The van der Waals surface area contributed by atoms with E-state index < -0.39 is 0 Å². The van der Waals surface area contributed by atoms with Crippen molar-refractivity contribution in [3.8, 4) is 0 Å². The van der Waals surface area contributed by atoms with E-state index in [2.05, 4.69) is 0 Å². The minimum Gasteiger partial charge on any atom is -0.382 e. The number of nitrogens with two attached hydrogens (primary N) is 1. The second kappa shape index (κ2) is 8.17. The highest BCUT2D eigenvalue weighted by Gasteiger charge is 2.04. The summed E-state index contributed by atoms with van der Waals surface area (Å²) in [5.41, 5.74) is 6.86. The molecule has 1 unspecified atom stereocenters. The van der Waals surface area contributed by atoms with Crippen LogP contribution in [0, 0.1) is 5.82 Å². The van der Waals surface area contributed by atoms with Crippen molar-refractivity contribution < 1.29 is 13.9 Å². The molecule has 0 heterocycles. The molecule has 0 aliphatic carbocycles. The molecule has 17 heavy (non-hydrogen) atoms. The normalized spacial score (nSPS) is 12.6. The fraction of sp³-hybridized carbons (Fsp3) is 0.538. The Labute approximate surface area is 102 Å². The Morgan fingerprint density at radius 3 is 2.82 bits per heavy atom. The fourth-order valence-electron chi connectivity index (χ4n) is 1.55. The largest absolute Gasteiger partial charge is 0.382 e. The summed E-state index contributed by atoms with van der Waals surface area (Å²) in [6, 6.07) is 6.54. The number of benzene rings is 1. The molecule has 1 rings (SSSR count). The zero-order valence-electron chi connectivity index (χ0n) is 10.2. The lowest BCUT2D eigenvalue weighted by molar-refractivity contribution is 0.0672. The van der Waals surface area contributed by atoms with E-state index in [9.17, 15) is 4.39 Å². The number of hydrogen-bond donors (Lipinski definition) is 1. The van der Waals surface area contributed by atoms with Crippen molar-refractivity contribution in [3.63, 3.8) is 0 Å². The summed E-state index contributed by atoms with van der Waals surface area (Å²) < 4.78 is 23.1. The van der Waals surface area contributed by atoms with E-state index in [1.807, 2.05) is 6.07 Å². The third-order valence-electron chi connectivity index (χ3n) is 2.45. The summed E-state index contributed by atoms with van der Waals surface area (Å²) in [6.45, 7) is 1.79. The van der Waals surface area contributed by atoms with Gasteiger partial charge in [0.15, 0.2) is 0 Å². The Morgan fingerprint density at radius 2 is 2.12 bits per heavy atom. The molecule has 0 aromatic heterocycles. The summed E-state index contributed by atoms with van der Waals surface area (Å²) >= 11 is 0. The van der Waals surface area contributed by atoms with Crippen molar-refractivity contribution >= 4 is 0 Å². The maximum Gasteiger partial charge on any atom is 0.123 e. The molecule has 0 saturated heterocycles. The summed E-state index contributed by atoms with van der Waals surface area (Å²) in [5.74, 6) is -0.217. The molecular formula is C13H20FNO2. The number of methoxy groups -OCH3 is 1. The second-order valence-electron chi connectivity index (χ2n) is 3.99. The van der Waals surface area contributed by atoms with Crippen molar-refractivity contribution in [3.05, 3.63) is 35.6 Å². The molecule has 96 valence electrons. The lowest BCUT2D eigenvalue weighted by atomic mass is 10.0. The van der Waals surface area contributed by atoms with Crippen LogP contribution in [-0.4, -0.2) is 33.0 Å². The quantitative estimate of drug-likeness (QED) is 0.705. The maximum absolute atomic E-state index is 12.9. The van der Waals surface area contributed by atoms with Crippen LogP contribution in [0.15, 0.2) is 24.3 Å². The molecule has 0 aliphatic heterocycles. The van der Waals surface area contributed by atoms with Crippen LogP contribution in [0.25, 0.3) is 0 Å². The summed E-state index contributed by atoms with van der Waals surface area (Å²) in [4.78, 5) is 0. The van der Waals surface area contributed by atoms with Crippen LogP contribution >= 0.6 is 0 Å². The summed E-state index contributed by atoms with van der Waals surface area (Å²) in [5, 5.41) is 0. The predicted molar refractivity (Wildman–Crippen MR) is 65.4 cm³/mol. The van der Waals surface area contributed by atoms with E-state index in [0.717, 1.165) is 12.0 Å². The summed E-state index contributed by atoms with van der Waals surface area (Å²) in [7, 11) is 1.64. The Bertz CT molecular complexity index is 320. The average Bonchev–Trinajstić information content (AvgIpc) is 2.29. The fourth-order valence-corrected chi connectivity index (χ4v) is 1.55. The first-order chi connectivity index (χ1) is 8.22. The molecule has 1 aromatic carbocycles. The average molecular weight is 241 g/mol. The van der Waals surface area contributed by atoms with Gasteiger partial charge in [0.1, 0.15) is 5.82 Å². The van der Waals surface area contributed by atoms with Crippen LogP contribution in [0.2, 0.25) is 0 Å². The van der Waals surface area contributed by atoms with Crippen molar-refractivity contribution in [2.45, 2.75) is 18.9 Å². The standard InChI is InChI=1S/C13H20FNO2/c1-16-7-8-17-6-5-13(15)10-11-3-2-4-12(14)9-11/h2-4,9,13H,5-8,10,15H2,1H3. The highest BCUT2D eigenvalue weighted by Crippen LogP contribution is 2.07. The molecular weight excluding hydrogens is 221 g/mol. The van der Waals surface area contributed by atoms with E-state index in [1.54, 1.807) is 13.2 Å². The predicted octanol–water partition coefficient (Wildman–Crippen LogP) is 1.75. The van der Waals surface area contributed by atoms with Crippen molar-refractivity contribution in [1.29, 1.82) is 0 Å². The monoisotopic (exact) mass is 241 g/mol. The maximum atomic E-state index is 12.9. The van der Waals surface area contributed by atoms with Gasteiger partial charge in [0.05, 0.1) is 13.2 Å². The number of halogens is 1. The van der Waals surface area contributed by atoms with Gasteiger partial charge in [-0.15, -0.1) is 0 Å². The van der Waals surface area contributed by atoms with E-state index in [1.165, 1.54) is 12.1 Å². The molecule has 4 heteroatoms. The third kappa shape index (κ3) is 6.36. The van der Waals surface area contributed by atoms with Gasteiger partial charge in [0, 0.05) is 19.8 Å². The number of ether oxygens (including phenoxy) is 2. The minimum atomic E-state index is -0.217. The topological polar surface area (TPSA) is 44.5 Å². The van der Waals surface area contributed by atoms with Gasteiger partial charge in [0.2, 0.25) is 0 Å². The van der Waals surface area contributed by atoms with Crippen molar-refractivity contribution in [1.82, 2.24) is 0 Å². The lowest BCUT2D eigenvalue weighted by Gasteiger charge is -2.11. The number of hydrogen-bond acceptors (Lipinski definition) is 3. The van der Waals surface area contributed by atoms with Crippen molar-refractivity contribution in [2.75, 3.05) is 26.9 Å². The van der Waals surface area contributed by atoms with Gasteiger partial charge in [-0.3, -0.25) is 0 Å². The summed E-state index contributed by atoms with van der Waals surface area (Å²) in [6.07, 6.45) is 1.44. The first-order valence-electron chi connectivity index (χ1n) is 5.79. The Kier molecular flexibility index (Phi) is 6.77. The highest BCUT2D eigenvalue weighted by atomic mass is 19.1. The van der Waals surface area contributed by atoms with Gasteiger partial charge in [-0.05, 0) is 30.5 Å². The van der Waals surface area contributed by atoms with Crippen LogP contribution in [-0.2, 0) is 15.9 Å². The molecule has 0 saturated carbocycles. The van der Waals surface area contributed by atoms with E-state index in [4.69, 9.17) is 15.2 Å². The number of rotatable bonds is 8. The van der Waals surface area contributed by atoms with E-state index >= 15 is 0 Å². The minimum absolute atomic E-state index is 0.000607. The van der Waals surface area contributed by atoms with Gasteiger partial charge >= 0.3 is 0 Å². The molecule has 0 aliphatic rings. The Balaban J connectivity index is 2.18. The van der Waals surface area contributed by atoms with E-state index in [0.29, 0.717) is 26.2 Å². The van der Waals surface area contributed by atoms with Crippen LogP contribution < -0.4 is 5.73 Å². The molecule has 3 nitrogen and oxygen atoms in total. The molecule has 0 spiro atoms. The molecule has 0 bridgehead atoms. The van der Waals surface area contributed by atoms with Crippen LogP contribution in [0.1, 0.15) is 12.0 Å². The second-order valence-corrected chi connectivity index (χ2v) is 3.99. The molecule has 1 aromatic rings. The zero-order valence-corrected chi connectivity index (χ0v) is 10.2. The van der Waals surface area contributed by atoms with Gasteiger partial charge in [-0.2, -0.15) is 0 Å². The zero-order chi connectivity index (χ0) is 12.5. The van der Waals surface area contributed by atoms with Gasteiger partial charge < -0.3 is 15.2 Å². The Hall–Kier alpha value is -0.970. The molecule has 0 radical (unpaired) electrons. The van der Waals surface area contributed by atoms with Crippen LogP contribution in [0.3, 0.4) is 0 Å². The van der Waals surface area contributed by atoms with Crippen LogP contribution in [0.4, 0.5) is 4.39 Å². The Morgan fingerprint density at radius 1 is 1.29 bits per heavy atom. The SMILES string of the molecule is COCCOCCC(N)Cc1cccc(F)c1. The molecule has 0 fully saturated rings. The van der Waals surface area contributed by atoms with Gasteiger partial charge in [-0.25, -0.2) is 4.39 Å². The van der Waals surface area contributed by atoms with Crippen molar-refractivity contribution in [2.24, 2.45) is 5.73 Å². The molecule has 0 amide bonds. The first kappa shape index (κ1) is 14.1. The lowest BCUT2D eigenvalue weighted by Crippen LogP contribution is -2.25. The molecule has 1 atom stereocenters. The van der Waals surface area contributed by atoms with Crippen LogP contribution in [0.5, 0.6) is 0 Å². The van der Waals surface area contributed by atoms with Gasteiger partial charge in [-0.1, -0.05) is 12.1 Å². The van der Waals surface area contributed by atoms with E-state index in [-0.39, 0.29) is 11.9 Å². The first-order valence-corrected chi connectivity index (χ1v) is 5.79. The highest BCUT2D eigenvalue weighted by molar-refractivity contribution is 5.17. The van der Waals surface area contributed by atoms with Gasteiger partial charge in [0.25, 0.3) is 0 Å².